The summed E-state index contributed by atoms with van der Waals surface area (Å²) >= 11 is 1.20. The van der Waals surface area contributed by atoms with Gasteiger partial charge < -0.3 is 4.90 Å². The maximum atomic E-state index is 12.7. The summed E-state index contributed by atoms with van der Waals surface area (Å²) in [6.45, 7) is 2.87. The van der Waals surface area contributed by atoms with Crippen molar-refractivity contribution in [2.45, 2.75) is 50.0 Å². The Labute approximate surface area is 130 Å². The van der Waals surface area contributed by atoms with Crippen LogP contribution in [0.5, 0.6) is 0 Å². The zero-order valence-electron chi connectivity index (χ0n) is 12.5. The predicted octanol–water partition coefficient (Wildman–Crippen LogP) is 2.45. The molecule has 2 heterocycles. The molecule has 7 heteroatoms. The minimum Gasteiger partial charge on any atom is -0.335 e. The molecule has 1 N–H and O–H groups in total. The van der Waals surface area contributed by atoms with Crippen molar-refractivity contribution in [3.63, 3.8) is 0 Å². The van der Waals surface area contributed by atoms with Crippen molar-refractivity contribution in [2.24, 2.45) is 0 Å². The Morgan fingerprint density at radius 1 is 1.43 bits per heavy atom. The molecule has 21 heavy (non-hydrogen) atoms. The van der Waals surface area contributed by atoms with Crippen molar-refractivity contribution in [1.82, 2.24) is 9.62 Å². The molecule has 1 aliphatic rings. The molecule has 1 aromatic heterocycles. The number of amides is 1. The van der Waals surface area contributed by atoms with Gasteiger partial charge in [0.05, 0.1) is 9.77 Å². The van der Waals surface area contributed by atoms with Crippen molar-refractivity contribution >= 4 is 27.3 Å². The number of thiophene rings is 1. The second-order valence-electron chi connectivity index (χ2n) is 5.26. The Balaban J connectivity index is 2.22. The maximum Gasteiger partial charge on any atom is 0.264 e. The summed E-state index contributed by atoms with van der Waals surface area (Å²) in [5, 5.41) is 1.53. The lowest BCUT2D eigenvalue weighted by Gasteiger charge is -2.28. The monoisotopic (exact) mass is 330 g/mol. The minimum atomic E-state index is -3.48. The molecule has 1 unspecified atom stereocenters. The number of sulfonamides is 1. The van der Waals surface area contributed by atoms with Gasteiger partial charge in [0.1, 0.15) is 0 Å². The lowest BCUT2D eigenvalue weighted by Crippen LogP contribution is -2.39. The summed E-state index contributed by atoms with van der Waals surface area (Å²) in [6, 6.07) is 1.75. The summed E-state index contributed by atoms with van der Waals surface area (Å²) in [5.41, 5.74) is 0. The molecule has 0 bridgehead atoms. The number of hydrogen-bond acceptors (Lipinski definition) is 4. The van der Waals surface area contributed by atoms with Crippen molar-refractivity contribution in [3.8, 4) is 0 Å². The second-order valence-corrected chi connectivity index (χ2v) is 8.06. The van der Waals surface area contributed by atoms with Crippen molar-refractivity contribution in [3.05, 3.63) is 16.3 Å². The number of likely N-dealkylation sites (tertiary alicyclic amines) is 1. The Morgan fingerprint density at radius 3 is 2.86 bits per heavy atom. The molecule has 2 rings (SSSR count). The number of carbonyl (C=O) groups is 1. The fourth-order valence-corrected chi connectivity index (χ4v) is 4.66. The van der Waals surface area contributed by atoms with E-state index in [1.165, 1.54) is 29.8 Å². The highest BCUT2D eigenvalue weighted by atomic mass is 32.2. The van der Waals surface area contributed by atoms with E-state index in [1.807, 2.05) is 4.90 Å². The first-order valence-corrected chi connectivity index (χ1v) is 9.69. The molecule has 0 spiro atoms. The lowest BCUT2D eigenvalue weighted by molar-refractivity contribution is 0.0683. The first kappa shape index (κ1) is 16.5. The van der Waals surface area contributed by atoms with Crippen LogP contribution in [0.4, 0.5) is 0 Å². The van der Waals surface area contributed by atoms with Crippen LogP contribution in [0.25, 0.3) is 0 Å². The van der Waals surface area contributed by atoms with E-state index in [4.69, 9.17) is 0 Å². The number of hydrogen-bond donors (Lipinski definition) is 1. The molecule has 1 amide bonds. The summed E-state index contributed by atoms with van der Waals surface area (Å²) in [6.07, 6.45) is 5.32. The SMILES string of the molecule is CCC1CCCCCN1C(=O)c1cc(S(=O)(=O)NC)cs1. The van der Waals surface area contributed by atoms with E-state index in [0.29, 0.717) is 4.88 Å². The molecule has 0 aliphatic carbocycles. The first-order valence-electron chi connectivity index (χ1n) is 7.32. The first-order chi connectivity index (χ1) is 9.99. The van der Waals surface area contributed by atoms with Gasteiger partial charge in [-0.25, -0.2) is 13.1 Å². The van der Waals surface area contributed by atoms with Crippen LogP contribution in [0.1, 0.15) is 48.7 Å². The van der Waals surface area contributed by atoms with Gasteiger partial charge in [0.2, 0.25) is 10.0 Å². The minimum absolute atomic E-state index is 0.0358. The van der Waals surface area contributed by atoms with E-state index in [0.717, 1.165) is 38.6 Å². The van der Waals surface area contributed by atoms with Crippen LogP contribution in [-0.2, 0) is 10.0 Å². The van der Waals surface area contributed by atoms with Gasteiger partial charge in [-0.2, -0.15) is 0 Å². The molecular formula is C14H22N2O3S2. The summed E-state index contributed by atoms with van der Waals surface area (Å²) in [5.74, 6) is -0.0358. The van der Waals surface area contributed by atoms with Gasteiger partial charge in [-0.15, -0.1) is 11.3 Å². The summed E-state index contributed by atoms with van der Waals surface area (Å²) in [4.78, 5) is 15.3. The molecule has 1 fully saturated rings. The van der Waals surface area contributed by atoms with Crippen LogP contribution in [0.3, 0.4) is 0 Å². The maximum absolute atomic E-state index is 12.7. The Morgan fingerprint density at radius 2 is 2.19 bits per heavy atom. The Bertz CT molecular complexity index is 595. The van der Waals surface area contributed by atoms with Gasteiger partial charge in [0.15, 0.2) is 0 Å². The van der Waals surface area contributed by atoms with Crippen molar-refractivity contribution < 1.29 is 13.2 Å². The highest BCUT2D eigenvalue weighted by molar-refractivity contribution is 7.89. The van der Waals surface area contributed by atoms with E-state index < -0.39 is 10.0 Å². The third-order valence-electron chi connectivity index (χ3n) is 3.97. The van der Waals surface area contributed by atoms with E-state index in [1.54, 1.807) is 0 Å². The second kappa shape index (κ2) is 6.89. The smallest absolute Gasteiger partial charge is 0.264 e. The average Bonchev–Trinajstić information content (AvgIpc) is 2.86. The Kier molecular flexibility index (Phi) is 5.40. The molecule has 118 valence electrons. The van der Waals surface area contributed by atoms with Gasteiger partial charge in [-0.05, 0) is 32.4 Å². The fourth-order valence-electron chi connectivity index (χ4n) is 2.70. The number of nitrogens with zero attached hydrogens (tertiary/aromatic N) is 1. The predicted molar refractivity (Wildman–Crippen MR) is 84.1 cm³/mol. The zero-order chi connectivity index (χ0) is 15.5. The number of nitrogens with one attached hydrogen (secondary N) is 1. The quantitative estimate of drug-likeness (QED) is 0.922. The lowest BCUT2D eigenvalue weighted by atomic mass is 10.1. The molecule has 0 aromatic carbocycles. The van der Waals surface area contributed by atoms with Crippen LogP contribution in [0, 0.1) is 0 Å². The molecule has 0 saturated carbocycles. The molecule has 1 aliphatic heterocycles. The molecule has 5 nitrogen and oxygen atoms in total. The van der Waals surface area contributed by atoms with Crippen molar-refractivity contribution in [2.75, 3.05) is 13.6 Å². The van der Waals surface area contributed by atoms with Gasteiger partial charge in [-0.3, -0.25) is 4.79 Å². The normalized spacial score (nSPS) is 20.3. The van der Waals surface area contributed by atoms with E-state index in [-0.39, 0.29) is 16.8 Å². The standard InChI is InChI=1S/C14H22N2O3S2/c1-3-11-7-5-4-6-8-16(11)14(17)13-9-12(10-20-13)21(18,19)15-2/h9-11,15H,3-8H2,1-2H3. The number of rotatable bonds is 4. The fraction of sp³-hybridized carbons (Fsp3) is 0.643. The summed E-state index contributed by atoms with van der Waals surface area (Å²) in [7, 11) is -2.11. The largest absolute Gasteiger partial charge is 0.335 e. The van der Waals surface area contributed by atoms with Crippen LogP contribution < -0.4 is 4.72 Å². The van der Waals surface area contributed by atoms with Crippen molar-refractivity contribution in [1.29, 1.82) is 0 Å². The Hall–Kier alpha value is -0.920. The van der Waals surface area contributed by atoms with Gasteiger partial charge in [0.25, 0.3) is 5.91 Å². The average molecular weight is 330 g/mol. The highest BCUT2D eigenvalue weighted by Crippen LogP contribution is 2.25. The van der Waals surface area contributed by atoms with Crippen LogP contribution in [0.15, 0.2) is 16.3 Å². The highest BCUT2D eigenvalue weighted by Gasteiger charge is 2.27. The molecular weight excluding hydrogens is 308 g/mol. The molecule has 1 atom stereocenters. The van der Waals surface area contributed by atoms with E-state index >= 15 is 0 Å². The van der Waals surface area contributed by atoms with E-state index in [9.17, 15) is 13.2 Å². The van der Waals surface area contributed by atoms with Gasteiger partial charge in [0, 0.05) is 18.0 Å². The third kappa shape index (κ3) is 3.64. The summed E-state index contributed by atoms with van der Waals surface area (Å²) < 4.78 is 25.8. The molecule has 1 aromatic rings. The number of carbonyl (C=O) groups excluding carboxylic acids is 1. The zero-order valence-corrected chi connectivity index (χ0v) is 14.1. The molecule has 0 radical (unpaired) electrons. The third-order valence-corrected chi connectivity index (χ3v) is 6.44. The van der Waals surface area contributed by atoms with E-state index in [2.05, 4.69) is 11.6 Å². The van der Waals surface area contributed by atoms with Gasteiger partial charge >= 0.3 is 0 Å². The van der Waals surface area contributed by atoms with Gasteiger partial charge in [-0.1, -0.05) is 19.8 Å². The topological polar surface area (TPSA) is 66.5 Å². The van der Waals surface area contributed by atoms with Crippen LogP contribution in [0.2, 0.25) is 0 Å². The van der Waals surface area contributed by atoms with Crippen LogP contribution >= 0.6 is 11.3 Å². The molecule has 1 saturated heterocycles. The van der Waals surface area contributed by atoms with Crippen LogP contribution in [-0.4, -0.2) is 38.9 Å².